The van der Waals surface area contributed by atoms with Crippen molar-refractivity contribution in [1.29, 1.82) is 0 Å². The Morgan fingerprint density at radius 1 is 1.35 bits per heavy atom. The Kier molecular flexibility index (Phi) is 4.54. The minimum absolute atomic E-state index is 0.325. The summed E-state index contributed by atoms with van der Waals surface area (Å²) in [6, 6.07) is 4.26. The summed E-state index contributed by atoms with van der Waals surface area (Å²) in [5.74, 6) is 2.07. The van der Waals surface area contributed by atoms with Crippen LogP contribution in [0.3, 0.4) is 0 Å². The number of hydrogen-bond acceptors (Lipinski definition) is 4. The maximum atomic E-state index is 13.1. The van der Waals surface area contributed by atoms with E-state index in [0.717, 1.165) is 11.4 Å². The van der Waals surface area contributed by atoms with E-state index >= 15 is 0 Å². The van der Waals surface area contributed by atoms with Gasteiger partial charge in [0.05, 0.1) is 10.0 Å². The van der Waals surface area contributed by atoms with E-state index in [1.54, 1.807) is 13.1 Å². The largest absolute Gasteiger partial charge is 0.437 e. The summed E-state index contributed by atoms with van der Waals surface area (Å²) in [5.41, 5.74) is 0.806. The van der Waals surface area contributed by atoms with Crippen molar-refractivity contribution in [2.45, 2.75) is 20.3 Å². The van der Waals surface area contributed by atoms with Crippen LogP contribution in [0.4, 0.5) is 10.2 Å². The molecule has 0 saturated carbocycles. The zero-order chi connectivity index (χ0) is 14.7. The van der Waals surface area contributed by atoms with Gasteiger partial charge >= 0.3 is 0 Å². The Morgan fingerprint density at radius 2 is 2.10 bits per heavy atom. The van der Waals surface area contributed by atoms with E-state index < -0.39 is 0 Å². The standard InChI is InChI=1S/C14H15BrFN3O/c1-4-12-18-13(17-3)8(2)14(19-12)20-11-6-5-9(16)7-10(11)15/h5-7H,4H2,1-3H3,(H,17,18,19). The van der Waals surface area contributed by atoms with Gasteiger partial charge in [0.1, 0.15) is 23.2 Å². The number of nitrogens with zero attached hydrogens (tertiary/aromatic N) is 2. The molecule has 0 spiro atoms. The summed E-state index contributed by atoms with van der Waals surface area (Å²) in [7, 11) is 1.80. The highest BCUT2D eigenvalue weighted by Crippen LogP contribution is 2.32. The summed E-state index contributed by atoms with van der Waals surface area (Å²) in [6.07, 6.45) is 0.704. The van der Waals surface area contributed by atoms with Crippen molar-refractivity contribution >= 4 is 21.7 Å². The molecule has 2 rings (SSSR count). The monoisotopic (exact) mass is 339 g/mol. The van der Waals surface area contributed by atoms with E-state index in [9.17, 15) is 4.39 Å². The summed E-state index contributed by atoms with van der Waals surface area (Å²) in [5, 5.41) is 3.02. The molecule has 2 aromatic rings. The Morgan fingerprint density at radius 3 is 2.70 bits per heavy atom. The highest BCUT2D eigenvalue weighted by atomic mass is 79.9. The molecule has 0 aliphatic rings. The lowest BCUT2D eigenvalue weighted by atomic mass is 10.3. The molecular formula is C14H15BrFN3O. The van der Waals surface area contributed by atoms with E-state index in [4.69, 9.17) is 4.74 Å². The fourth-order valence-corrected chi connectivity index (χ4v) is 2.14. The summed E-state index contributed by atoms with van der Waals surface area (Å²) >= 11 is 3.28. The van der Waals surface area contributed by atoms with Crippen molar-refractivity contribution in [3.63, 3.8) is 0 Å². The Hall–Kier alpha value is -1.69. The van der Waals surface area contributed by atoms with Crippen molar-refractivity contribution in [3.05, 3.63) is 39.9 Å². The molecule has 0 radical (unpaired) electrons. The molecule has 106 valence electrons. The number of nitrogens with one attached hydrogen (secondary N) is 1. The quantitative estimate of drug-likeness (QED) is 0.911. The average molecular weight is 340 g/mol. The number of benzene rings is 1. The summed E-state index contributed by atoms with van der Waals surface area (Å²) in [6.45, 7) is 3.85. The van der Waals surface area contributed by atoms with Crippen LogP contribution in [0.5, 0.6) is 11.6 Å². The SMILES string of the molecule is CCc1nc(NC)c(C)c(Oc2ccc(F)cc2Br)n1. The van der Waals surface area contributed by atoms with Crippen LogP contribution in [-0.4, -0.2) is 17.0 Å². The van der Waals surface area contributed by atoms with Gasteiger partial charge in [0.15, 0.2) is 0 Å². The first-order chi connectivity index (χ1) is 9.55. The third-order valence-electron chi connectivity index (χ3n) is 2.80. The molecule has 1 aromatic carbocycles. The molecule has 20 heavy (non-hydrogen) atoms. The molecule has 0 aliphatic heterocycles. The van der Waals surface area contributed by atoms with Gasteiger partial charge in [0.2, 0.25) is 5.88 Å². The normalized spacial score (nSPS) is 10.4. The van der Waals surface area contributed by atoms with Crippen LogP contribution in [0, 0.1) is 12.7 Å². The van der Waals surface area contributed by atoms with Crippen LogP contribution < -0.4 is 10.1 Å². The molecule has 1 N–H and O–H groups in total. The number of aromatic nitrogens is 2. The van der Waals surface area contributed by atoms with Crippen molar-refractivity contribution in [2.24, 2.45) is 0 Å². The fourth-order valence-electron chi connectivity index (χ4n) is 1.70. The molecule has 0 saturated heterocycles. The Labute approximate surface area is 125 Å². The second-order valence-electron chi connectivity index (χ2n) is 4.20. The molecule has 0 bridgehead atoms. The van der Waals surface area contributed by atoms with Gasteiger partial charge in [-0.05, 0) is 41.1 Å². The zero-order valence-corrected chi connectivity index (χ0v) is 13.1. The minimum Gasteiger partial charge on any atom is -0.437 e. The topological polar surface area (TPSA) is 47.0 Å². The van der Waals surface area contributed by atoms with Crippen LogP contribution in [0.15, 0.2) is 22.7 Å². The number of anilines is 1. The van der Waals surface area contributed by atoms with Crippen LogP contribution in [0.1, 0.15) is 18.3 Å². The Bertz CT molecular complexity index is 634. The highest BCUT2D eigenvalue weighted by Gasteiger charge is 2.13. The first-order valence-electron chi connectivity index (χ1n) is 6.23. The fraction of sp³-hybridized carbons (Fsp3) is 0.286. The van der Waals surface area contributed by atoms with Crippen molar-refractivity contribution in [2.75, 3.05) is 12.4 Å². The lowest BCUT2D eigenvalue weighted by molar-refractivity contribution is 0.450. The van der Waals surface area contributed by atoms with Crippen LogP contribution in [0.25, 0.3) is 0 Å². The smallest absolute Gasteiger partial charge is 0.227 e. The van der Waals surface area contributed by atoms with Gasteiger partial charge < -0.3 is 10.1 Å². The van der Waals surface area contributed by atoms with Crippen LogP contribution >= 0.6 is 15.9 Å². The molecule has 0 fully saturated rings. The maximum Gasteiger partial charge on any atom is 0.227 e. The first kappa shape index (κ1) is 14.7. The maximum absolute atomic E-state index is 13.1. The van der Waals surface area contributed by atoms with Gasteiger partial charge in [-0.3, -0.25) is 0 Å². The molecule has 1 heterocycles. The lowest BCUT2D eigenvalue weighted by Crippen LogP contribution is -2.04. The van der Waals surface area contributed by atoms with Gasteiger partial charge in [0.25, 0.3) is 0 Å². The van der Waals surface area contributed by atoms with Crippen LogP contribution in [0.2, 0.25) is 0 Å². The molecule has 1 aromatic heterocycles. The van der Waals surface area contributed by atoms with Gasteiger partial charge in [-0.1, -0.05) is 6.92 Å². The molecule has 0 aliphatic carbocycles. The van der Waals surface area contributed by atoms with E-state index in [-0.39, 0.29) is 5.82 Å². The molecule has 0 unspecified atom stereocenters. The number of rotatable bonds is 4. The second-order valence-corrected chi connectivity index (χ2v) is 5.05. The molecule has 0 atom stereocenters. The van der Waals surface area contributed by atoms with E-state index in [2.05, 4.69) is 31.2 Å². The minimum atomic E-state index is -0.325. The number of hydrogen-bond donors (Lipinski definition) is 1. The van der Waals surface area contributed by atoms with Crippen LogP contribution in [-0.2, 0) is 6.42 Å². The van der Waals surface area contributed by atoms with E-state index in [0.29, 0.717) is 28.3 Å². The highest BCUT2D eigenvalue weighted by molar-refractivity contribution is 9.10. The van der Waals surface area contributed by atoms with E-state index in [1.165, 1.54) is 12.1 Å². The molecule has 4 nitrogen and oxygen atoms in total. The zero-order valence-electron chi connectivity index (χ0n) is 11.5. The molecular weight excluding hydrogens is 325 g/mol. The lowest BCUT2D eigenvalue weighted by Gasteiger charge is -2.13. The average Bonchev–Trinajstić information content (AvgIpc) is 2.43. The summed E-state index contributed by atoms with van der Waals surface area (Å²) in [4.78, 5) is 8.74. The molecule has 0 amide bonds. The molecule has 6 heteroatoms. The van der Waals surface area contributed by atoms with Crippen molar-refractivity contribution < 1.29 is 9.13 Å². The number of halogens is 2. The third kappa shape index (κ3) is 3.07. The summed E-state index contributed by atoms with van der Waals surface area (Å²) < 4.78 is 19.4. The van der Waals surface area contributed by atoms with Gasteiger partial charge in [-0.2, -0.15) is 4.98 Å². The van der Waals surface area contributed by atoms with Gasteiger partial charge in [-0.15, -0.1) is 0 Å². The number of ether oxygens (including phenoxy) is 1. The predicted octanol–water partition coefficient (Wildman–Crippen LogP) is 4.08. The second kappa shape index (κ2) is 6.17. The third-order valence-corrected chi connectivity index (χ3v) is 3.42. The van der Waals surface area contributed by atoms with Crippen molar-refractivity contribution in [3.8, 4) is 11.6 Å². The van der Waals surface area contributed by atoms with Crippen molar-refractivity contribution in [1.82, 2.24) is 9.97 Å². The predicted molar refractivity (Wildman–Crippen MR) is 79.9 cm³/mol. The number of aryl methyl sites for hydroxylation is 1. The van der Waals surface area contributed by atoms with Gasteiger partial charge in [0, 0.05) is 13.5 Å². The van der Waals surface area contributed by atoms with E-state index in [1.807, 2.05) is 13.8 Å². The Balaban J connectivity index is 2.42. The first-order valence-corrected chi connectivity index (χ1v) is 7.02. The van der Waals surface area contributed by atoms with Gasteiger partial charge in [-0.25, -0.2) is 9.37 Å².